The van der Waals surface area contributed by atoms with Gasteiger partial charge in [0.1, 0.15) is 17.4 Å². The van der Waals surface area contributed by atoms with Gasteiger partial charge in [-0.2, -0.15) is 0 Å². The Kier molecular flexibility index (Phi) is 8.35. The van der Waals surface area contributed by atoms with Gasteiger partial charge in [0.05, 0.1) is 17.9 Å². The van der Waals surface area contributed by atoms with Crippen LogP contribution in [0, 0.1) is 6.92 Å². The molecule has 11 heteroatoms. The predicted molar refractivity (Wildman–Crippen MR) is 138 cm³/mol. The summed E-state index contributed by atoms with van der Waals surface area (Å²) in [5, 5.41) is 13.3. The molecule has 0 fully saturated rings. The topological polar surface area (TPSA) is 95.3 Å². The number of thioether (sulfide) groups is 1. The highest BCUT2D eigenvalue weighted by molar-refractivity contribution is 7.99. The Hall–Kier alpha value is -2.56. The summed E-state index contributed by atoms with van der Waals surface area (Å²) in [6.45, 7) is 6.87. The summed E-state index contributed by atoms with van der Waals surface area (Å²) in [5.74, 6) is 0.926. The smallest absolute Gasteiger partial charge is 0.341 e. The number of hydrogen-bond donors (Lipinski definition) is 1. The Morgan fingerprint density at radius 2 is 2.09 bits per heavy atom. The monoisotopic (exact) mass is 534 g/mol. The van der Waals surface area contributed by atoms with Crippen molar-refractivity contribution in [3.63, 3.8) is 0 Å². The number of anilines is 1. The Bertz CT molecular complexity index is 1240. The van der Waals surface area contributed by atoms with Crippen molar-refractivity contribution in [3.05, 3.63) is 50.6 Å². The summed E-state index contributed by atoms with van der Waals surface area (Å²) in [4.78, 5) is 26.4. The van der Waals surface area contributed by atoms with E-state index in [4.69, 9.17) is 21.1 Å². The van der Waals surface area contributed by atoms with Gasteiger partial charge in [0.25, 0.3) is 0 Å². The highest BCUT2D eigenvalue weighted by atomic mass is 35.5. The third kappa shape index (κ3) is 5.82. The first-order valence-corrected chi connectivity index (χ1v) is 13.6. The standard InChI is InChI=1S/C24H27ClN4O4S2/c1-4-29-19(12-33-15-9-10-17(25)14(3)11-15)27-28-24(29)34-13-20(30)26-22-21(23(31)32-5-2)16-7-6-8-18(16)35-22/h9-11H,4-8,12-13H2,1-3H3,(H,26,30). The summed E-state index contributed by atoms with van der Waals surface area (Å²) in [6, 6.07) is 5.49. The van der Waals surface area contributed by atoms with Crippen LogP contribution >= 0.6 is 34.7 Å². The number of carbonyl (C=O) groups excluding carboxylic acids is 2. The second-order valence-corrected chi connectivity index (χ2v) is 10.4. The van der Waals surface area contributed by atoms with Crippen LogP contribution in [-0.2, 0) is 35.5 Å². The van der Waals surface area contributed by atoms with Gasteiger partial charge in [0, 0.05) is 16.4 Å². The Balaban J connectivity index is 1.38. The molecule has 0 saturated carbocycles. The van der Waals surface area contributed by atoms with Gasteiger partial charge in [-0.25, -0.2) is 4.79 Å². The van der Waals surface area contributed by atoms with E-state index in [0.29, 0.717) is 45.5 Å². The lowest BCUT2D eigenvalue weighted by Gasteiger charge is -2.10. The van der Waals surface area contributed by atoms with Gasteiger partial charge in [0.15, 0.2) is 11.0 Å². The van der Waals surface area contributed by atoms with Gasteiger partial charge in [0.2, 0.25) is 5.91 Å². The van der Waals surface area contributed by atoms with E-state index in [1.165, 1.54) is 23.1 Å². The lowest BCUT2D eigenvalue weighted by molar-refractivity contribution is -0.113. The van der Waals surface area contributed by atoms with E-state index in [1.807, 2.05) is 30.5 Å². The number of nitrogens with zero attached hydrogens (tertiary/aromatic N) is 3. The van der Waals surface area contributed by atoms with Crippen LogP contribution in [0.2, 0.25) is 5.02 Å². The van der Waals surface area contributed by atoms with Crippen LogP contribution in [0.25, 0.3) is 0 Å². The van der Waals surface area contributed by atoms with Gasteiger partial charge in [-0.1, -0.05) is 23.4 Å². The quantitative estimate of drug-likeness (QED) is 0.278. The van der Waals surface area contributed by atoms with Gasteiger partial charge in [-0.05, 0) is 69.4 Å². The predicted octanol–water partition coefficient (Wildman–Crippen LogP) is 5.30. The van der Waals surface area contributed by atoms with Crippen molar-refractivity contribution in [1.29, 1.82) is 0 Å². The molecule has 0 spiro atoms. The molecule has 0 atom stereocenters. The van der Waals surface area contributed by atoms with Gasteiger partial charge >= 0.3 is 5.97 Å². The second-order valence-electron chi connectivity index (χ2n) is 7.96. The molecule has 4 rings (SSSR count). The number of aromatic nitrogens is 3. The van der Waals surface area contributed by atoms with Gasteiger partial charge in [-0.3, -0.25) is 4.79 Å². The molecule has 8 nitrogen and oxygen atoms in total. The minimum Gasteiger partial charge on any atom is -0.486 e. The molecule has 1 aromatic carbocycles. The molecule has 2 heterocycles. The number of halogens is 1. The van der Waals surface area contributed by atoms with E-state index in [9.17, 15) is 9.59 Å². The number of nitrogens with one attached hydrogen (secondary N) is 1. The normalized spacial score (nSPS) is 12.5. The molecule has 0 radical (unpaired) electrons. The van der Waals surface area contributed by atoms with E-state index in [0.717, 1.165) is 35.3 Å². The number of aryl methyl sites for hydroxylation is 2. The first-order chi connectivity index (χ1) is 16.9. The summed E-state index contributed by atoms with van der Waals surface area (Å²) < 4.78 is 13.0. The van der Waals surface area contributed by atoms with E-state index >= 15 is 0 Å². The van der Waals surface area contributed by atoms with Crippen LogP contribution in [0.15, 0.2) is 23.4 Å². The van der Waals surface area contributed by atoms with Crippen LogP contribution in [0.1, 0.15) is 52.5 Å². The highest BCUT2D eigenvalue weighted by Crippen LogP contribution is 2.39. The minimum absolute atomic E-state index is 0.139. The fraction of sp³-hybridized carbons (Fsp3) is 0.417. The Labute approximate surface area is 217 Å². The number of ether oxygens (including phenoxy) is 2. The molecule has 1 aliphatic carbocycles. The molecule has 1 aliphatic rings. The van der Waals surface area contributed by atoms with Crippen molar-refractivity contribution in [1.82, 2.24) is 14.8 Å². The van der Waals surface area contributed by atoms with E-state index in [2.05, 4.69) is 15.5 Å². The molecule has 2 aromatic heterocycles. The van der Waals surface area contributed by atoms with Crippen LogP contribution in [0.4, 0.5) is 5.00 Å². The average Bonchev–Trinajstić information content (AvgIpc) is 3.52. The maximum Gasteiger partial charge on any atom is 0.341 e. The molecule has 1 amide bonds. The number of benzene rings is 1. The largest absolute Gasteiger partial charge is 0.486 e. The number of amides is 1. The first-order valence-electron chi connectivity index (χ1n) is 11.5. The van der Waals surface area contributed by atoms with Crippen molar-refractivity contribution in [2.75, 3.05) is 17.7 Å². The lowest BCUT2D eigenvalue weighted by atomic mass is 10.1. The van der Waals surface area contributed by atoms with Crippen LogP contribution in [-0.4, -0.2) is 39.0 Å². The van der Waals surface area contributed by atoms with Crippen molar-refractivity contribution in [3.8, 4) is 5.75 Å². The van der Waals surface area contributed by atoms with Crippen molar-refractivity contribution < 1.29 is 19.1 Å². The number of fused-ring (bicyclic) bond motifs is 1. The average molecular weight is 535 g/mol. The lowest BCUT2D eigenvalue weighted by Crippen LogP contribution is -2.17. The summed E-state index contributed by atoms with van der Waals surface area (Å²) in [6.07, 6.45) is 2.79. The van der Waals surface area contributed by atoms with Gasteiger partial charge < -0.3 is 19.4 Å². The van der Waals surface area contributed by atoms with Crippen molar-refractivity contribution in [2.24, 2.45) is 0 Å². The van der Waals surface area contributed by atoms with Crippen molar-refractivity contribution >= 4 is 51.6 Å². The third-order valence-electron chi connectivity index (χ3n) is 5.59. The van der Waals surface area contributed by atoms with Crippen molar-refractivity contribution in [2.45, 2.75) is 58.3 Å². The maximum atomic E-state index is 12.8. The maximum absolute atomic E-state index is 12.8. The first kappa shape index (κ1) is 25.5. The Morgan fingerprint density at radius 3 is 2.83 bits per heavy atom. The van der Waals surface area contributed by atoms with Gasteiger partial charge in [-0.15, -0.1) is 21.5 Å². The summed E-state index contributed by atoms with van der Waals surface area (Å²) in [5.41, 5.74) is 2.46. The number of hydrogen-bond acceptors (Lipinski definition) is 8. The molecule has 0 unspecified atom stereocenters. The fourth-order valence-electron chi connectivity index (χ4n) is 3.91. The van der Waals surface area contributed by atoms with Crippen LogP contribution in [0.3, 0.4) is 0 Å². The molecule has 1 N–H and O–H groups in total. The number of rotatable bonds is 10. The molecule has 3 aromatic rings. The molecule has 0 bridgehead atoms. The highest BCUT2D eigenvalue weighted by Gasteiger charge is 2.28. The second kappa shape index (κ2) is 11.5. The zero-order valence-corrected chi connectivity index (χ0v) is 22.2. The zero-order chi connectivity index (χ0) is 24.9. The van der Waals surface area contributed by atoms with Crippen LogP contribution < -0.4 is 10.1 Å². The van der Waals surface area contributed by atoms with E-state index in [1.54, 1.807) is 13.0 Å². The molecule has 35 heavy (non-hydrogen) atoms. The molecular weight excluding hydrogens is 508 g/mol. The van der Waals surface area contributed by atoms with E-state index < -0.39 is 0 Å². The SMILES string of the molecule is CCOC(=O)c1c(NC(=O)CSc2nnc(COc3ccc(Cl)c(C)c3)n2CC)sc2c1CCC2. The Morgan fingerprint density at radius 1 is 1.26 bits per heavy atom. The van der Waals surface area contributed by atoms with Crippen LogP contribution in [0.5, 0.6) is 5.75 Å². The third-order valence-corrected chi connectivity index (χ3v) is 8.19. The molecular formula is C24H27ClN4O4S2. The fourth-order valence-corrected chi connectivity index (χ4v) is 6.14. The number of esters is 1. The molecule has 0 aliphatic heterocycles. The zero-order valence-electron chi connectivity index (χ0n) is 19.9. The molecule has 186 valence electrons. The molecule has 0 saturated heterocycles. The minimum atomic E-state index is -0.374. The summed E-state index contributed by atoms with van der Waals surface area (Å²) in [7, 11) is 0. The number of thiophene rings is 1. The number of carbonyl (C=O) groups is 2. The van der Waals surface area contributed by atoms with E-state index in [-0.39, 0.29) is 24.2 Å². The summed E-state index contributed by atoms with van der Waals surface area (Å²) >= 11 is 8.84.